The van der Waals surface area contributed by atoms with Crippen molar-refractivity contribution in [2.45, 2.75) is 44.9 Å². The number of carboxylic acid groups (broad SMARTS) is 1. The largest absolute Gasteiger partial charge is 0.481 e. The van der Waals surface area contributed by atoms with E-state index >= 15 is 0 Å². The van der Waals surface area contributed by atoms with Gasteiger partial charge in [0.2, 0.25) is 0 Å². The van der Waals surface area contributed by atoms with Gasteiger partial charge in [-0.25, -0.2) is 0 Å². The maximum atomic E-state index is 10.6. The normalized spacial score (nSPS) is 38.6. The van der Waals surface area contributed by atoms with E-state index in [4.69, 9.17) is 5.11 Å². The summed E-state index contributed by atoms with van der Waals surface area (Å²) in [6, 6.07) is 0. The lowest BCUT2D eigenvalue weighted by Crippen LogP contribution is -2.10. The minimum atomic E-state index is -0.613. The second-order valence-electron chi connectivity index (χ2n) is 4.73. The van der Waals surface area contributed by atoms with Crippen molar-refractivity contribution in [2.24, 2.45) is 17.8 Å². The molecule has 1 N–H and O–H groups in total. The lowest BCUT2D eigenvalue weighted by Gasteiger charge is -2.16. The van der Waals surface area contributed by atoms with Gasteiger partial charge in [-0.05, 0) is 43.4 Å². The highest BCUT2D eigenvalue weighted by Gasteiger charge is 2.37. The molecule has 2 nitrogen and oxygen atoms in total. The Balaban J connectivity index is 1.79. The first-order valence-corrected chi connectivity index (χ1v) is 5.47. The van der Waals surface area contributed by atoms with E-state index in [1.165, 1.54) is 25.7 Å². The standard InChI is InChI=1S/C11H18O2/c12-11(13)6-8-2-1-3-9-7-10(9)5-4-8/h8-10H,1-7H2,(H,12,13). The van der Waals surface area contributed by atoms with Gasteiger partial charge in [0.15, 0.2) is 0 Å². The molecule has 74 valence electrons. The summed E-state index contributed by atoms with van der Waals surface area (Å²) < 4.78 is 0. The van der Waals surface area contributed by atoms with E-state index in [9.17, 15) is 4.79 Å². The summed E-state index contributed by atoms with van der Waals surface area (Å²) >= 11 is 0. The predicted octanol–water partition coefficient (Wildman–Crippen LogP) is 2.68. The minimum absolute atomic E-state index is 0.400. The molecule has 2 aliphatic carbocycles. The van der Waals surface area contributed by atoms with Crippen molar-refractivity contribution < 1.29 is 9.90 Å². The van der Waals surface area contributed by atoms with Gasteiger partial charge in [0.05, 0.1) is 0 Å². The van der Waals surface area contributed by atoms with E-state index in [0.29, 0.717) is 12.3 Å². The third-order valence-corrected chi connectivity index (χ3v) is 3.67. The first-order chi connectivity index (χ1) is 6.25. The summed E-state index contributed by atoms with van der Waals surface area (Å²) in [7, 11) is 0. The Kier molecular flexibility index (Phi) is 2.56. The Morgan fingerprint density at radius 3 is 2.69 bits per heavy atom. The second-order valence-corrected chi connectivity index (χ2v) is 4.73. The zero-order valence-electron chi connectivity index (χ0n) is 8.04. The van der Waals surface area contributed by atoms with Crippen LogP contribution in [0.25, 0.3) is 0 Å². The van der Waals surface area contributed by atoms with Crippen molar-refractivity contribution >= 4 is 5.97 Å². The van der Waals surface area contributed by atoms with E-state index < -0.39 is 5.97 Å². The van der Waals surface area contributed by atoms with Crippen molar-refractivity contribution in [3.63, 3.8) is 0 Å². The zero-order chi connectivity index (χ0) is 9.26. The highest BCUT2D eigenvalue weighted by Crippen LogP contribution is 2.48. The van der Waals surface area contributed by atoms with Crippen LogP contribution in [0.15, 0.2) is 0 Å². The Hall–Kier alpha value is -0.530. The van der Waals surface area contributed by atoms with Crippen molar-refractivity contribution in [2.75, 3.05) is 0 Å². The van der Waals surface area contributed by atoms with Crippen molar-refractivity contribution in [1.29, 1.82) is 0 Å². The van der Waals surface area contributed by atoms with Crippen LogP contribution < -0.4 is 0 Å². The summed E-state index contributed by atoms with van der Waals surface area (Å²) in [5.41, 5.74) is 0. The maximum Gasteiger partial charge on any atom is 0.303 e. The van der Waals surface area contributed by atoms with Crippen LogP contribution in [0.3, 0.4) is 0 Å². The number of aliphatic carboxylic acids is 1. The number of carbonyl (C=O) groups is 1. The summed E-state index contributed by atoms with van der Waals surface area (Å²) in [6.07, 6.45) is 8.06. The molecule has 3 atom stereocenters. The topological polar surface area (TPSA) is 37.3 Å². The first-order valence-electron chi connectivity index (χ1n) is 5.47. The molecule has 3 unspecified atom stereocenters. The van der Waals surface area contributed by atoms with Gasteiger partial charge in [0.25, 0.3) is 0 Å². The van der Waals surface area contributed by atoms with Crippen LogP contribution in [0, 0.1) is 17.8 Å². The molecule has 0 amide bonds. The Labute approximate surface area is 79.3 Å². The molecule has 2 fully saturated rings. The number of carboxylic acids is 1. The lowest BCUT2D eigenvalue weighted by atomic mass is 9.89. The molecule has 0 bridgehead atoms. The molecule has 0 aliphatic heterocycles. The summed E-state index contributed by atoms with van der Waals surface area (Å²) in [4.78, 5) is 10.6. The van der Waals surface area contributed by atoms with Gasteiger partial charge in [-0.3, -0.25) is 4.79 Å². The van der Waals surface area contributed by atoms with Crippen LogP contribution in [-0.4, -0.2) is 11.1 Å². The minimum Gasteiger partial charge on any atom is -0.481 e. The SMILES string of the molecule is O=C(O)CC1CCCC2CC2CC1. The van der Waals surface area contributed by atoms with Crippen LogP contribution in [0.2, 0.25) is 0 Å². The van der Waals surface area contributed by atoms with Gasteiger partial charge in [-0.15, -0.1) is 0 Å². The van der Waals surface area contributed by atoms with Crippen molar-refractivity contribution in [3.8, 4) is 0 Å². The maximum absolute atomic E-state index is 10.6. The lowest BCUT2D eigenvalue weighted by molar-refractivity contribution is -0.138. The highest BCUT2D eigenvalue weighted by atomic mass is 16.4. The molecular weight excluding hydrogens is 164 g/mol. The zero-order valence-corrected chi connectivity index (χ0v) is 8.04. The van der Waals surface area contributed by atoms with E-state index in [2.05, 4.69) is 0 Å². The van der Waals surface area contributed by atoms with Gasteiger partial charge in [-0.1, -0.05) is 12.8 Å². The van der Waals surface area contributed by atoms with E-state index in [1.807, 2.05) is 0 Å². The molecule has 2 saturated carbocycles. The average molecular weight is 182 g/mol. The monoisotopic (exact) mass is 182 g/mol. The van der Waals surface area contributed by atoms with Crippen LogP contribution in [0.5, 0.6) is 0 Å². The summed E-state index contributed by atoms with van der Waals surface area (Å²) in [6.45, 7) is 0. The van der Waals surface area contributed by atoms with Gasteiger partial charge >= 0.3 is 5.97 Å². The van der Waals surface area contributed by atoms with Crippen LogP contribution in [0.4, 0.5) is 0 Å². The third-order valence-electron chi connectivity index (χ3n) is 3.67. The number of fused-ring (bicyclic) bond motifs is 1. The number of rotatable bonds is 2. The molecule has 0 spiro atoms. The molecule has 13 heavy (non-hydrogen) atoms. The number of hydrogen-bond acceptors (Lipinski definition) is 1. The quantitative estimate of drug-likeness (QED) is 0.713. The molecular formula is C11H18O2. The molecule has 2 heteroatoms. The highest BCUT2D eigenvalue weighted by molar-refractivity contribution is 5.66. The van der Waals surface area contributed by atoms with Crippen molar-refractivity contribution in [1.82, 2.24) is 0 Å². The van der Waals surface area contributed by atoms with Gasteiger partial charge in [-0.2, -0.15) is 0 Å². The molecule has 2 aliphatic rings. The average Bonchev–Trinajstić information content (AvgIpc) is 2.73. The second kappa shape index (κ2) is 3.69. The van der Waals surface area contributed by atoms with Crippen LogP contribution in [0.1, 0.15) is 44.9 Å². The number of hydrogen-bond donors (Lipinski definition) is 1. The Morgan fingerprint density at radius 2 is 1.92 bits per heavy atom. The van der Waals surface area contributed by atoms with E-state index in [1.54, 1.807) is 0 Å². The fraction of sp³-hybridized carbons (Fsp3) is 0.909. The molecule has 0 heterocycles. The molecule has 0 aromatic heterocycles. The predicted molar refractivity (Wildman–Crippen MR) is 50.4 cm³/mol. The van der Waals surface area contributed by atoms with Gasteiger partial charge in [0.1, 0.15) is 0 Å². The van der Waals surface area contributed by atoms with Gasteiger partial charge in [0, 0.05) is 6.42 Å². The smallest absolute Gasteiger partial charge is 0.303 e. The van der Waals surface area contributed by atoms with Gasteiger partial charge < -0.3 is 5.11 Å². The summed E-state index contributed by atoms with van der Waals surface area (Å²) in [5, 5.41) is 8.70. The molecule has 0 aromatic rings. The molecule has 0 radical (unpaired) electrons. The third kappa shape index (κ3) is 2.45. The fourth-order valence-corrected chi connectivity index (χ4v) is 2.73. The fourth-order valence-electron chi connectivity index (χ4n) is 2.73. The Bertz CT molecular complexity index is 200. The Morgan fingerprint density at radius 1 is 1.15 bits per heavy atom. The molecule has 0 saturated heterocycles. The van der Waals surface area contributed by atoms with E-state index in [0.717, 1.165) is 24.7 Å². The van der Waals surface area contributed by atoms with Crippen LogP contribution in [-0.2, 0) is 4.79 Å². The van der Waals surface area contributed by atoms with Crippen LogP contribution >= 0.6 is 0 Å². The molecule has 2 rings (SSSR count). The van der Waals surface area contributed by atoms with Crippen molar-refractivity contribution in [3.05, 3.63) is 0 Å². The van der Waals surface area contributed by atoms with E-state index in [-0.39, 0.29) is 0 Å². The molecule has 0 aromatic carbocycles. The first kappa shape index (κ1) is 9.04. The summed E-state index contributed by atoms with van der Waals surface area (Å²) in [5.74, 6) is 1.85.